The van der Waals surface area contributed by atoms with Gasteiger partial charge in [-0.2, -0.15) is 0 Å². The molecule has 1 aliphatic rings. The van der Waals surface area contributed by atoms with Crippen LogP contribution < -0.4 is 0 Å². The maximum Gasteiger partial charge on any atom is 0.112 e. The molecule has 0 bridgehead atoms. The zero-order chi connectivity index (χ0) is 9.14. The molecule has 1 unspecified atom stereocenters. The molecule has 1 atom stereocenters. The molecule has 68 valence electrons. The van der Waals surface area contributed by atoms with Crippen molar-refractivity contribution >= 4 is 0 Å². The first-order valence-corrected chi connectivity index (χ1v) is 4.36. The summed E-state index contributed by atoms with van der Waals surface area (Å²) < 4.78 is 0. The molecule has 0 amide bonds. The van der Waals surface area contributed by atoms with Crippen molar-refractivity contribution in [2.75, 3.05) is 7.05 Å². The van der Waals surface area contributed by atoms with E-state index in [1.54, 1.807) is 6.26 Å². The number of hydroxylamine groups is 2. The van der Waals surface area contributed by atoms with Gasteiger partial charge in [-0.05, 0) is 18.4 Å². The van der Waals surface area contributed by atoms with E-state index < -0.39 is 0 Å². The van der Waals surface area contributed by atoms with E-state index in [1.165, 1.54) is 5.57 Å². The molecule has 0 spiro atoms. The van der Waals surface area contributed by atoms with Gasteiger partial charge >= 0.3 is 0 Å². The molecule has 1 rings (SSSR count). The second kappa shape index (κ2) is 3.76. The number of likely N-dealkylation sites (N-methyl/N-ethyl adjacent to an activating group) is 1. The van der Waals surface area contributed by atoms with Crippen LogP contribution in [0, 0.1) is 5.92 Å². The lowest BCUT2D eigenvalue weighted by Crippen LogP contribution is -2.24. The van der Waals surface area contributed by atoms with Crippen molar-refractivity contribution in [3.8, 4) is 0 Å². The summed E-state index contributed by atoms with van der Waals surface area (Å²) in [4.78, 5) is 5.23. The number of hydrogen-bond acceptors (Lipinski definition) is 2. The highest BCUT2D eigenvalue weighted by Crippen LogP contribution is 2.18. The van der Waals surface area contributed by atoms with Crippen LogP contribution in [-0.4, -0.2) is 18.2 Å². The van der Waals surface area contributed by atoms with E-state index in [1.807, 2.05) is 12.1 Å². The minimum Gasteiger partial charge on any atom is -0.413 e. The Bertz CT molecular complexity index is 206. The lowest BCUT2D eigenvalue weighted by atomic mass is 10.1. The van der Waals surface area contributed by atoms with Gasteiger partial charge in [0.1, 0.15) is 6.26 Å². The molecule has 0 N–H and O–H groups in total. The second-order valence-corrected chi connectivity index (χ2v) is 3.59. The molecule has 2 nitrogen and oxygen atoms in total. The van der Waals surface area contributed by atoms with Crippen molar-refractivity contribution < 1.29 is 4.84 Å². The van der Waals surface area contributed by atoms with Gasteiger partial charge in [0.15, 0.2) is 0 Å². The van der Waals surface area contributed by atoms with E-state index in [2.05, 4.69) is 32.9 Å². The van der Waals surface area contributed by atoms with Crippen molar-refractivity contribution in [2.45, 2.75) is 26.8 Å². The summed E-state index contributed by atoms with van der Waals surface area (Å²) in [6, 6.07) is 0.326. The fourth-order valence-electron chi connectivity index (χ4n) is 1.19. The number of nitrogens with zero attached hydrogens (tertiary/aromatic N) is 1. The third-order valence-corrected chi connectivity index (χ3v) is 1.94. The SMILES string of the molecule is CC1=CON(C)C1/C=C/C(C)C. The summed E-state index contributed by atoms with van der Waals surface area (Å²) in [7, 11) is 1.95. The van der Waals surface area contributed by atoms with Gasteiger partial charge < -0.3 is 4.84 Å². The minimum atomic E-state index is 0.326. The average molecular weight is 167 g/mol. The molecule has 0 aromatic carbocycles. The smallest absolute Gasteiger partial charge is 0.112 e. The van der Waals surface area contributed by atoms with Crippen LogP contribution in [0.1, 0.15) is 20.8 Å². The lowest BCUT2D eigenvalue weighted by Gasteiger charge is -2.15. The van der Waals surface area contributed by atoms with Crippen LogP contribution in [0.5, 0.6) is 0 Å². The lowest BCUT2D eigenvalue weighted by molar-refractivity contribution is -0.0681. The molecular formula is C10H17NO. The molecule has 0 radical (unpaired) electrons. The van der Waals surface area contributed by atoms with E-state index >= 15 is 0 Å². The number of hydrogen-bond donors (Lipinski definition) is 0. The molecular weight excluding hydrogens is 150 g/mol. The summed E-state index contributed by atoms with van der Waals surface area (Å²) >= 11 is 0. The zero-order valence-corrected chi connectivity index (χ0v) is 8.24. The van der Waals surface area contributed by atoms with Gasteiger partial charge in [-0.1, -0.05) is 26.0 Å². The maximum atomic E-state index is 5.23. The topological polar surface area (TPSA) is 12.5 Å². The normalized spacial score (nSPS) is 25.1. The Kier molecular flexibility index (Phi) is 2.93. The highest BCUT2D eigenvalue weighted by Gasteiger charge is 2.19. The van der Waals surface area contributed by atoms with E-state index in [-0.39, 0.29) is 0 Å². The standard InChI is InChI=1S/C10H17NO/c1-8(2)5-6-10-9(3)7-12-11(10)4/h5-8,10H,1-4H3/b6-5+. The summed E-state index contributed by atoms with van der Waals surface area (Å²) in [6.45, 7) is 6.43. The Morgan fingerprint density at radius 1 is 1.58 bits per heavy atom. The van der Waals surface area contributed by atoms with Crippen molar-refractivity contribution in [1.82, 2.24) is 5.06 Å². The molecule has 0 aromatic rings. The van der Waals surface area contributed by atoms with Crippen LogP contribution in [0.2, 0.25) is 0 Å². The third-order valence-electron chi connectivity index (χ3n) is 1.94. The second-order valence-electron chi connectivity index (χ2n) is 3.59. The Hall–Kier alpha value is -0.760. The van der Waals surface area contributed by atoms with Crippen molar-refractivity contribution in [3.63, 3.8) is 0 Å². The molecule has 2 heteroatoms. The summed E-state index contributed by atoms with van der Waals surface area (Å²) in [5.74, 6) is 0.604. The molecule has 0 saturated carbocycles. The van der Waals surface area contributed by atoms with E-state index in [9.17, 15) is 0 Å². The Morgan fingerprint density at radius 3 is 2.67 bits per heavy atom. The Morgan fingerprint density at radius 2 is 2.25 bits per heavy atom. The quantitative estimate of drug-likeness (QED) is 0.585. The fraction of sp³-hybridized carbons (Fsp3) is 0.600. The van der Waals surface area contributed by atoms with Gasteiger partial charge in [-0.25, -0.2) is 0 Å². The largest absolute Gasteiger partial charge is 0.413 e. The molecule has 1 aliphatic heterocycles. The van der Waals surface area contributed by atoms with Crippen LogP contribution in [0.4, 0.5) is 0 Å². The summed E-state index contributed by atoms with van der Waals surface area (Å²) in [5.41, 5.74) is 1.26. The first-order valence-electron chi connectivity index (χ1n) is 4.36. The number of rotatable bonds is 2. The Balaban J connectivity index is 2.56. The monoisotopic (exact) mass is 167 g/mol. The summed E-state index contributed by atoms with van der Waals surface area (Å²) in [5, 5.41) is 1.86. The van der Waals surface area contributed by atoms with Crippen molar-refractivity contribution in [1.29, 1.82) is 0 Å². The molecule has 12 heavy (non-hydrogen) atoms. The van der Waals surface area contributed by atoms with Crippen LogP contribution in [0.3, 0.4) is 0 Å². The molecule has 1 heterocycles. The van der Waals surface area contributed by atoms with Crippen molar-refractivity contribution in [3.05, 3.63) is 24.0 Å². The molecule has 0 aliphatic carbocycles. The predicted octanol–water partition coefficient (Wildman–Crippen LogP) is 2.35. The van der Waals surface area contributed by atoms with Gasteiger partial charge in [-0.3, -0.25) is 0 Å². The predicted molar refractivity (Wildman–Crippen MR) is 50.4 cm³/mol. The fourth-order valence-corrected chi connectivity index (χ4v) is 1.19. The third kappa shape index (κ3) is 2.11. The van der Waals surface area contributed by atoms with Crippen molar-refractivity contribution in [2.24, 2.45) is 5.92 Å². The van der Waals surface area contributed by atoms with Crippen LogP contribution in [0.15, 0.2) is 24.0 Å². The van der Waals surface area contributed by atoms with Crippen LogP contribution in [0.25, 0.3) is 0 Å². The van der Waals surface area contributed by atoms with Gasteiger partial charge in [-0.15, -0.1) is 5.06 Å². The minimum absolute atomic E-state index is 0.326. The van der Waals surface area contributed by atoms with Gasteiger partial charge in [0, 0.05) is 7.05 Å². The first kappa shape index (κ1) is 9.33. The average Bonchev–Trinajstić information content (AvgIpc) is 2.28. The van der Waals surface area contributed by atoms with E-state index in [0.29, 0.717) is 12.0 Å². The molecule has 0 saturated heterocycles. The van der Waals surface area contributed by atoms with E-state index in [0.717, 1.165) is 0 Å². The van der Waals surface area contributed by atoms with Crippen LogP contribution in [-0.2, 0) is 4.84 Å². The zero-order valence-electron chi connectivity index (χ0n) is 8.24. The molecule has 0 fully saturated rings. The molecule has 0 aromatic heterocycles. The highest BCUT2D eigenvalue weighted by atomic mass is 16.7. The Labute approximate surface area is 74.5 Å². The van der Waals surface area contributed by atoms with Gasteiger partial charge in [0.2, 0.25) is 0 Å². The van der Waals surface area contributed by atoms with E-state index in [4.69, 9.17) is 4.84 Å². The summed E-state index contributed by atoms with van der Waals surface area (Å²) in [6.07, 6.45) is 6.19. The van der Waals surface area contributed by atoms with Gasteiger partial charge in [0.05, 0.1) is 6.04 Å². The highest BCUT2D eigenvalue weighted by molar-refractivity contribution is 5.16. The van der Waals surface area contributed by atoms with Gasteiger partial charge in [0.25, 0.3) is 0 Å². The number of allylic oxidation sites excluding steroid dienone is 1. The maximum absolute atomic E-state index is 5.23. The first-order chi connectivity index (χ1) is 5.61. The van der Waals surface area contributed by atoms with Crippen LogP contribution >= 0.6 is 0 Å².